The van der Waals surface area contributed by atoms with Gasteiger partial charge in [0.15, 0.2) is 0 Å². The number of carbonyl (C=O) groups is 1. The lowest BCUT2D eigenvalue weighted by Crippen LogP contribution is -2.47. The van der Waals surface area contributed by atoms with Gasteiger partial charge in [-0.2, -0.15) is 0 Å². The largest absolute Gasteiger partial charge is 0.497 e. The third kappa shape index (κ3) is 3.30. The van der Waals surface area contributed by atoms with E-state index in [1.54, 1.807) is 27.4 Å². The Hall–Kier alpha value is -2.67. The average Bonchev–Trinajstić information content (AvgIpc) is 2.73. The van der Waals surface area contributed by atoms with Crippen molar-refractivity contribution in [1.29, 1.82) is 0 Å². The van der Waals surface area contributed by atoms with Gasteiger partial charge in [-0.1, -0.05) is 6.07 Å². The van der Waals surface area contributed by atoms with Gasteiger partial charge in [-0.05, 0) is 42.5 Å². The number of nitrogens with zero attached hydrogens (tertiary/aromatic N) is 4. The summed E-state index contributed by atoms with van der Waals surface area (Å²) in [5.41, 5.74) is 2.72. The average molecular weight is 382 g/mol. The molecule has 148 valence electrons. The van der Waals surface area contributed by atoms with E-state index in [0.717, 1.165) is 50.5 Å². The summed E-state index contributed by atoms with van der Waals surface area (Å²) in [6.07, 6.45) is 5.91. The normalized spacial score (nSPS) is 17.9. The molecule has 2 aliphatic rings. The lowest BCUT2D eigenvalue weighted by molar-refractivity contribution is -0.0767. The van der Waals surface area contributed by atoms with Crippen molar-refractivity contribution < 1.29 is 14.3 Å². The lowest BCUT2D eigenvalue weighted by Gasteiger charge is -2.45. The van der Waals surface area contributed by atoms with E-state index < -0.39 is 0 Å². The fourth-order valence-electron chi connectivity index (χ4n) is 4.13. The van der Waals surface area contributed by atoms with Gasteiger partial charge >= 0.3 is 0 Å². The van der Waals surface area contributed by atoms with Crippen LogP contribution in [0.4, 0.5) is 5.82 Å². The van der Waals surface area contributed by atoms with Crippen molar-refractivity contribution >= 4 is 11.7 Å². The molecule has 1 fully saturated rings. The van der Waals surface area contributed by atoms with Crippen molar-refractivity contribution in [2.24, 2.45) is 0 Å². The van der Waals surface area contributed by atoms with Gasteiger partial charge in [-0.15, -0.1) is 0 Å². The summed E-state index contributed by atoms with van der Waals surface area (Å²) in [4.78, 5) is 24.6. The number of aromatic nitrogens is 2. The van der Waals surface area contributed by atoms with Crippen LogP contribution in [-0.2, 0) is 16.8 Å². The highest BCUT2D eigenvalue weighted by Crippen LogP contribution is 2.42. The summed E-state index contributed by atoms with van der Waals surface area (Å²) in [5.74, 6) is 1.50. The molecule has 1 amide bonds. The molecule has 7 heteroatoms. The van der Waals surface area contributed by atoms with Gasteiger partial charge in [0, 0.05) is 27.2 Å². The zero-order valence-electron chi connectivity index (χ0n) is 16.6. The summed E-state index contributed by atoms with van der Waals surface area (Å²) < 4.78 is 11.7. The van der Waals surface area contributed by atoms with E-state index in [0.29, 0.717) is 5.69 Å². The number of methoxy groups -OCH3 is 1. The topological polar surface area (TPSA) is 67.8 Å². The predicted molar refractivity (Wildman–Crippen MR) is 106 cm³/mol. The minimum Gasteiger partial charge on any atom is -0.497 e. The van der Waals surface area contributed by atoms with Crippen LogP contribution in [0.3, 0.4) is 0 Å². The maximum Gasteiger partial charge on any atom is 0.273 e. The SMILES string of the molecule is COc1ccc2c(c1)CCOC21CCN(c2cncc(C(=O)N(C)C)n2)CC1. The van der Waals surface area contributed by atoms with Crippen LogP contribution in [0.1, 0.15) is 34.5 Å². The Morgan fingerprint density at radius 3 is 2.75 bits per heavy atom. The first-order valence-electron chi connectivity index (χ1n) is 9.62. The second-order valence-electron chi connectivity index (χ2n) is 7.56. The summed E-state index contributed by atoms with van der Waals surface area (Å²) in [7, 11) is 5.13. The van der Waals surface area contributed by atoms with Crippen LogP contribution in [0, 0.1) is 0 Å². The van der Waals surface area contributed by atoms with Crippen molar-refractivity contribution in [2.45, 2.75) is 24.9 Å². The fourth-order valence-corrected chi connectivity index (χ4v) is 4.13. The molecule has 0 unspecified atom stereocenters. The maximum atomic E-state index is 12.2. The first-order valence-corrected chi connectivity index (χ1v) is 9.62. The number of carbonyl (C=O) groups excluding carboxylic acids is 1. The Bertz CT molecular complexity index is 876. The second-order valence-corrected chi connectivity index (χ2v) is 7.56. The zero-order chi connectivity index (χ0) is 19.7. The smallest absolute Gasteiger partial charge is 0.273 e. The van der Waals surface area contributed by atoms with Crippen LogP contribution >= 0.6 is 0 Å². The van der Waals surface area contributed by atoms with E-state index in [9.17, 15) is 4.79 Å². The lowest BCUT2D eigenvalue weighted by atomic mass is 9.79. The minimum absolute atomic E-state index is 0.138. The van der Waals surface area contributed by atoms with E-state index in [1.807, 2.05) is 6.07 Å². The zero-order valence-corrected chi connectivity index (χ0v) is 16.6. The molecule has 0 radical (unpaired) electrons. The van der Waals surface area contributed by atoms with Crippen LogP contribution in [0.25, 0.3) is 0 Å². The standard InChI is InChI=1S/C21H26N4O3/c1-24(2)20(26)18-13-22-14-19(23-18)25-9-7-21(8-10-25)17-5-4-16(27-3)12-15(17)6-11-28-21/h4-5,12-14H,6-11H2,1-3H3. The molecular formula is C21H26N4O3. The van der Waals surface area contributed by atoms with Crippen LogP contribution in [0.15, 0.2) is 30.6 Å². The molecule has 7 nitrogen and oxygen atoms in total. The molecule has 0 saturated carbocycles. The van der Waals surface area contributed by atoms with Gasteiger partial charge in [0.1, 0.15) is 17.3 Å². The van der Waals surface area contributed by atoms with Gasteiger partial charge in [0.25, 0.3) is 5.91 Å². The molecule has 2 aromatic rings. The van der Waals surface area contributed by atoms with Gasteiger partial charge in [0.2, 0.25) is 0 Å². The van der Waals surface area contributed by atoms with Crippen molar-refractivity contribution in [3.8, 4) is 5.75 Å². The molecule has 0 atom stereocenters. The molecule has 3 heterocycles. The molecule has 1 aromatic heterocycles. The van der Waals surface area contributed by atoms with E-state index in [4.69, 9.17) is 9.47 Å². The summed E-state index contributed by atoms with van der Waals surface area (Å²) in [6.45, 7) is 2.34. The van der Waals surface area contributed by atoms with E-state index in [-0.39, 0.29) is 11.5 Å². The van der Waals surface area contributed by atoms with Gasteiger partial charge in [0.05, 0.1) is 31.7 Å². The van der Waals surface area contributed by atoms with Crippen molar-refractivity contribution in [3.63, 3.8) is 0 Å². The number of ether oxygens (including phenoxy) is 2. The highest BCUT2D eigenvalue weighted by Gasteiger charge is 2.41. The molecule has 1 saturated heterocycles. The fraction of sp³-hybridized carbons (Fsp3) is 0.476. The third-order valence-corrected chi connectivity index (χ3v) is 5.70. The number of piperidine rings is 1. The molecule has 28 heavy (non-hydrogen) atoms. The molecule has 0 bridgehead atoms. The first-order chi connectivity index (χ1) is 13.5. The summed E-state index contributed by atoms with van der Waals surface area (Å²) >= 11 is 0. The Labute approximate surface area is 165 Å². The van der Waals surface area contributed by atoms with Crippen LogP contribution in [-0.4, -0.2) is 61.7 Å². The molecule has 0 N–H and O–H groups in total. The van der Waals surface area contributed by atoms with Crippen molar-refractivity contribution in [2.75, 3.05) is 45.8 Å². The third-order valence-electron chi connectivity index (χ3n) is 5.70. The second kappa shape index (κ2) is 7.39. The molecule has 1 aromatic carbocycles. The molecular weight excluding hydrogens is 356 g/mol. The maximum absolute atomic E-state index is 12.2. The highest BCUT2D eigenvalue weighted by atomic mass is 16.5. The number of anilines is 1. The van der Waals surface area contributed by atoms with Gasteiger partial charge in [-0.3, -0.25) is 9.78 Å². The molecule has 0 aliphatic carbocycles. The molecule has 4 rings (SSSR count). The van der Waals surface area contributed by atoms with Gasteiger partial charge < -0.3 is 19.3 Å². The Kier molecular flexibility index (Phi) is 4.93. The number of rotatable bonds is 3. The minimum atomic E-state index is -0.249. The number of benzene rings is 1. The Balaban J connectivity index is 1.53. The van der Waals surface area contributed by atoms with Crippen molar-refractivity contribution in [3.05, 3.63) is 47.4 Å². The Morgan fingerprint density at radius 2 is 2.04 bits per heavy atom. The van der Waals surface area contributed by atoms with E-state index in [2.05, 4.69) is 27.0 Å². The summed E-state index contributed by atoms with van der Waals surface area (Å²) in [6, 6.07) is 6.30. The number of fused-ring (bicyclic) bond motifs is 2. The van der Waals surface area contributed by atoms with Crippen LogP contribution in [0.5, 0.6) is 5.75 Å². The Morgan fingerprint density at radius 1 is 1.25 bits per heavy atom. The summed E-state index contributed by atoms with van der Waals surface area (Å²) in [5, 5.41) is 0. The molecule has 2 aliphatic heterocycles. The van der Waals surface area contributed by atoms with E-state index in [1.165, 1.54) is 22.2 Å². The van der Waals surface area contributed by atoms with Crippen LogP contribution < -0.4 is 9.64 Å². The van der Waals surface area contributed by atoms with E-state index >= 15 is 0 Å². The number of amides is 1. The monoisotopic (exact) mass is 382 g/mol. The quantitative estimate of drug-likeness (QED) is 0.811. The highest BCUT2D eigenvalue weighted by molar-refractivity contribution is 5.91. The van der Waals surface area contributed by atoms with Gasteiger partial charge in [-0.25, -0.2) is 4.98 Å². The molecule has 1 spiro atoms. The number of hydrogen-bond donors (Lipinski definition) is 0. The number of hydrogen-bond acceptors (Lipinski definition) is 6. The van der Waals surface area contributed by atoms with Crippen LogP contribution in [0.2, 0.25) is 0 Å². The first kappa shape index (κ1) is 18.7. The predicted octanol–water partition coefficient (Wildman–Crippen LogP) is 2.26. The van der Waals surface area contributed by atoms with Crippen molar-refractivity contribution in [1.82, 2.24) is 14.9 Å².